The third-order valence-electron chi connectivity index (χ3n) is 5.14. The number of pyridine rings is 1. The molecule has 0 aliphatic heterocycles. The summed E-state index contributed by atoms with van der Waals surface area (Å²) in [4.78, 5) is 3.80. The molecule has 3 aromatic carbocycles. The maximum atomic E-state index is 14.8. The van der Waals surface area contributed by atoms with E-state index in [2.05, 4.69) is 9.71 Å². The number of nitrogens with zero attached hydrogens (tertiary/aromatic N) is 1. The van der Waals surface area contributed by atoms with Gasteiger partial charge in [0.1, 0.15) is 16.5 Å². The molecule has 0 atom stereocenters. The van der Waals surface area contributed by atoms with E-state index in [1.165, 1.54) is 38.5 Å². The Balaban J connectivity index is 1.63. The molecule has 1 N–H and O–H groups in total. The highest BCUT2D eigenvalue weighted by molar-refractivity contribution is 7.92. The SMILES string of the molecule is COc1cc2nccc(Cc3ccc(NS(=O)(=O)c4ccccc4F)c(F)c3)c2cc1OC. The average molecular weight is 470 g/mol. The number of anilines is 1. The van der Waals surface area contributed by atoms with Crippen LogP contribution in [0.5, 0.6) is 11.5 Å². The lowest BCUT2D eigenvalue weighted by Gasteiger charge is -2.13. The van der Waals surface area contributed by atoms with Crippen molar-refractivity contribution in [2.24, 2.45) is 0 Å². The molecule has 170 valence electrons. The smallest absolute Gasteiger partial charge is 0.264 e. The van der Waals surface area contributed by atoms with Crippen LogP contribution >= 0.6 is 0 Å². The largest absolute Gasteiger partial charge is 0.493 e. The second-order valence-electron chi connectivity index (χ2n) is 7.22. The molecule has 4 rings (SSSR count). The van der Waals surface area contributed by atoms with E-state index < -0.39 is 26.6 Å². The summed E-state index contributed by atoms with van der Waals surface area (Å²) in [5, 5.41) is 0.819. The highest BCUT2D eigenvalue weighted by Crippen LogP contribution is 2.33. The molecule has 4 aromatic rings. The van der Waals surface area contributed by atoms with Gasteiger partial charge in [-0.3, -0.25) is 9.71 Å². The number of hydrogen-bond donors (Lipinski definition) is 1. The van der Waals surface area contributed by atoms with Crippen molar-refractivity contribution in [2.75, 3.05) is 18.9 Å². The standard InChI is InChI=1S/C24H20F2N2O4S/c1-31-22-13-17-16(9-10-27-21(17)14-23(22)32-2)11-15-7-8-20(19(26)12-15)28-33(29,30)24-6-4-3-5-18(24)25/h3-10,12-14,28H,11H2,1-2H3. The minimum Gasteiger partial charge on any atom is -0.493 e. The number of benzene rings is 3. The average Bonchev–Trinajstić information content (AvgIpc) is 2.80. The van der Waals surface area contributed by atoms with Crippen molar-refractivity contribution < 1.29 is 26.7 Å². The molecule has 0 saturated heterocycles. The summed E-state index contributed by atoms with van der Waals surface area (Å²) in [5.41, 5.74) is 1.91. The van der Waals surface area contributed by atoms with E-state index in [0.717, 1.165) is 23.1 Å². The summed E-state index contributed by atoms with van der Waals surface area (Å²) in [5.74, 6) is -0.598. The van der Waals surface area contributed by atoms with E-state index in [0.29, 0.717) is 29.0 Å². The molecule has 33 heavy (non-hydrogen) atoms. The van der Waals surface area contributed by atoms with Gasteiger partial charge in [0.05, 0.1) is 25.4 Å². The number of rotatable bonds is 7. The summed E-state index contributed by atoms with van der Waals surface area (Å²) >= 11 is 0. The van der Waals surface area contributed by atoms with Gasteiger partial charge in [-0.2, -0.15) is 0 Å². The number of aromatic nitrogens is 1. The van der Waals surface area contributed by atoms with Crippen molar-refractivity contribution in [3.05, 3.63) is 89.6 Å². The van der Waals surface area contributed by atoms with Gasteiger partial charge in [-0.1, -0.05) is 18.2 Å². The second kappa shape index (κ2) is 9.03. The zero-order valence-electron chi connectivity index (χ0n) is 17.8. The number of nitrogens with one attached hydrogen (secondary N) is 1. The number of halogens is 2. The van der Waals surface area contributed by atoms with Crippen molar-refractivity contribution in [1.29, 1.82) is 0 Å². The molecule has 6 nitrogen and oxygen atoms in total. The molecular weight excluding hydrogens is 450 g/mol. The Bertz CT molecular complexity index is 1440. The van der Waals surface area contributed by atoms with Crippen LogP contribution in [0.1, 0.15) is 11.1 Å². The fraction of sp³-hybridized carbons (Fsp3) is 0.125. The molecule has 0 aliphatic rings. The lowest BCUT2D eigenvalue weighted by molar-refractivity contribution is 0.356. The second-order valence-corrected chi connectivity index (χ2v) is 8.87. The van der Waals surface area contributed by atoms with E-state index in [4.69, 9.17) is 9.47 Å². The zero-order valence-corrected chi connectivity index (χ0v) is 18.6. The van der Waals surface area contributed by atoms with Gasteiger partial charge in [0.15, 0.2) is 11.5 Å². The fourth-order valence-electron chi connectivity index (χ4n) is 3.52. The van der Waals surface area contributed by atoms with E-state index in [9.17, 15) is 17.2 Å². The first-order chi connectivity index (χ1) is 15.8. The zero-order chi connectivity index (χ0) is 23.6. The van der Waals surface area contributed by atoms with Crippen molar-refractivity contribution >= 4 is 26.6 Å². The molecule has 9 heteroatoms. The van der Waals surface area contributed by atoms with Crippen LogP contribution in [0.4, 0.5) is 14.5 Å². The van der Waals surface area contributed by atoms with Crippen molar-refractivity contribution in [1.82, 2.24) is 4.98 Å². The summed E-state index contributed by atoms with van der Waals surface area (Å²) in [6, 6.07) is 14.5. The molecule has 0 aliphatic carbocycles. The Morgan fingerprint density at radius 2 is 1.64 bits per heavy atom. The predicted octanol–water partition coefficient (Wildman–Crippen LogP) is 4.92. The van der Waals surface area contributed by atoms with Crippen LogP contribution in [0.25, 0.3) is 10.9 Å². The van der Waals surface area contributed by atoms with E-state index in [-0.39, 0.29) is 5.69 Å². The molecule has 0 amide bonds. The minimum absolute atomic E-state index is 0.270. The summed E-state index contributed by atoms with van der Waals surface area (Å²) in [6.07, 6.45) is 2.02. The van der Waals surface area contributed by atoms with Crippen molar-refractivity contribution in [3.63, 3.8) is 0 Å². The monoisotopic (exact) mass is 470 g/mol. The van der Waals surface area contributed by atoms with Crippen LogP contribution in [0, 0.1) is 11.6 Å². The van der Waals surface area contributed by atoms with Crippen molar-refractivity contribution in [2.45, 2.75) is 11.3 Å². The number of methoxy groups -OCH3 is 2. The number of sulfonamides is 1. The highest BCUT2D eigenvalue weighted by Gasteiger charge is 2.20. The first-order valence-electron chi connectivity index (χ1n) is 9.88. The molecule has 0 saturated carbocycles. The van der Waals surface area contributed by atoms with Gasteiger partial charge in [0.25, 0.3) is 10.0 Å². The maximum absolute atomic E-state index is 14.8. The first kappa shape index (κ1) is 22.5. The molecule has 1 heterocycles. The molecular formula is C24H20F2N2O4S. The van der Waals surface area contributed by atoms with E-state index >= 15 is 0 Å². The lowest BCUT2D eigenvalue weighted by atomic mass is 10.0. The molecule has 0 unspecified atom stereocenters. The van der Waals surface area contributed by atoms with E-state index in [1.807, 2.05) is 12.1 Å². The fourth-order valence-corrected chi connectivity index (χ4v) is 4.66. The Kier molecular flexibility index (Phi) is 6.15. The molecule has 1 aromatic heterocycles. The van der Waals surface area contributed by atoms with Crippen LogP contribution in [0.15, 0.2) is 71.8 Å². The third-order valence-corrected chi connectivity index (χ3v) is 6.53. The third kappa shape index (κ3) is 4.58. The van der Waals surface area contributed by atoms with Gasteiger partial charge in [-0.05, 0) is 53.9 Å². The highest BCUT2D eigenvalue weighted by atomic mass is 32.2. The molecule has 0 fully saturated rings. The first-order valence-corrected chi connectivity index (χ1v) is 11.4. The lowest BCUT2D eigenvalue weighted by Crippen LogP contribution is -2.15. The Morgan fingerprint density at radius 3 is 2.33 bits per heavy atom. The summed E-state index contributed by atoms with van der Waals surface area (Å²) < 4.78 is 66.4. The number of hydrogen-bond acceptors (Lipinski definition) is 5. The van der Waals surface area contributed by atoms with Crippen LogP contribution in [-0.4, -0.2) is 27.6 Å². The number of ether oxygens (including phenoxy) is 2. The quantitative estimate of drug-likeness (QED) is 0.415. The normalized spacial score (nSPS) is 11.4. The van der Waals surface area contributed by atoms with Gasteiger partial charge in [-0.15, -0.1) is 0 Å². The Labute approximate surface area is 189 Å². The molecule has 0 spiro atoms. The van der Waals surface area contributed by atoms with Crippen LogP contribution in [-0.2, 0) is 16.4 Å². The van der Waals surface area contributed by atoms with Crippen molar-refractivity contribution in [3.8, 4) is 11.5 Å². The minimum atomic E-state index is -4.28. The number of fused-ring (bicyclic) bond motifs is 1. The van der Waals surface area contributed by atoms with Gasteiger partial charge in [-0.25, -0.2) is 17.2 Å². The van der Waals surface area contributed by atoms with Crippen LogP contribution in [0.2, 0.25) is 0 Å². The Hall–Kier alpha value is -3.72. The van der Waals surface area contributed by atoms with E-state index in [1.54, 1.807) is 18.3 Å². The Morgan fingerprint density at radius 1 is 0.909 bits per heavy atom. The summed E-state index contributed by atoms with van der Waals surface area (Å²) in [6.45, 7) is 0. The van der Waals surface area contributed by atoms with Gasteiger partial charge in [0, 0.05) is 17.6 Å². The van der Waals surface area contributed by atoms with Gasteiger partial charge < -0.3 is 9.47 Å². The van der Waals surface area contributed by atoms with Crippen LogP contribution in [0.3, 0.4) is 0 Å². The van der Waals surface area contributed by atoms with Crippen LogP contribution < -0.4 is 14.2 Å². The molecule has 0 radical (unpaired) electrons. The van der Waals surface area contributed by atoms with Gasteiger partial charge in [0.2, 0.25) is 0 Å². The molecule has 0 bridgehead atoms. The predicted molar refractivity (Wildman–Crippen MR) is 121 cm³/mol. The summed E-state index contributed by atoms with van der Waals surface area (Å²) in [7, 11) is -1.20. The maximum Gasteiger partial charge on any atom is 0.264 e. The topological polar surface area (TPSA) is 77.5 Å². The van der Waals surface area contributed by atoms with Gasteiger partial charge >= 0.3 is 0 Å².